The van der Waals surface area contributed by atoms with E-state index < -0.39 is 11.3 Å². The lowest BCUT2D eigenvalue weighted by atomic mass is 9.90. The van der Waals surface area contributed by atoms with Gasteiger partial charge in [0.15, 0.2) is 0 Å². The van der Waals surface area contributed by atoms with Gasteiger partial charge in [-0.3, -0.25) is 10.1 Å². The Morgan fingerprint density at radius 1 is 1.28 bits per heavy atom. The van der Waals surface area contributed by atoms with Gasteiger partial charge in [-0.15, -0.1) is 0 Å². The molecule has 1 rings (SSSR count). The molecule has 1 aromatic rings. The summed E-state index contributed by atoms with van der Waals surface area (Å²) in [6.07, 6.45) is -2.72. The van der Waals surface area contributed by atoms with Crippen molar-refractivity contribution in [3.63, 3.8) is 0 Å². The number of alkyl halides is 2. The fourth-order valence-electron chi connectivity index (χ4n) is 1.80. The monoisotopic (exact) mass is 258 g/mol. The van der Waals surface area contributed by atoms with Gasteiger partial charge in [0.1, 0.15) is 0 Å². The van der Waals surface area contributed by atoms with E-state index in [1.807, 2.05) is 13.8 Å². The van der Waals surface area contributed by atoms with Crippen LogP contribution >= 0.6 is 0 Å². The Bertz CT molecular complexity index is 438. The normalized spacial score (nSPS) is 14.6. The van der Waals surface area contributed by atoms with Crippen LogP contribution in [0.2, 0.25) is 0 Å². The molecule has 18 heavy (non-hydrogen) atoms. The van der Waals surface area contributed by atoms with E-state index in [0.29, 0.717) is 5.56 Å². The summed E-state index contributed by atoms with van der Waals surface area (Å²) in [6.45, 7) is 3.69. The van der Waals surface area contributed by atoms with Crippen LogP contribution < -0.4 is 5.32 Å². The van der Waals surface area contributed by atoms with E-state index in [0.717, 1.165) is 6.07 Å². The van der Waals surface area contributed by atoms with Crippen molar-refractivity contribution in [1.29, 1.82) is 0 Å². The maximum absolute atomic E-state index is 13.0. The van der Waals surface area contributed by atoms with E-state index in [4.69, 9.17) is 0 Å². The topological polar surface area (TPSA) is 55.2 Å². The van der Waals surface area contributed by atoms with E-state index in [2.05, 4.69) is 5.32 Å². The molecule has 1 aromatic carbocycles. The zero-order chi connectivity index (χ0) is 13.9. The number of nitrogens with one attached hydrogen (secondary N) is 1. The number of rotatable bonds is 5. The Balaban J connectivity index is 3.23. The summed E-state index contributed by atoms with van der Waals surface area (Å²) >= 11 is 0. The number of hydrogen-bond donors (Lipinski definition) is 1. The molecule has 4 nitrogen and oxygen atoms in total. The van der Waals surface area contributed by atoms with Gasteiger partial charge in [-0.25, -0.2) is 8.78 Å². The summed E-state index contributed by atoms with van der Waals surface area (Å²) in [6, 6.07) is 3.64. The van der Waals surface area contributed by atoms with Gasteiger partial charge in [-0.05, 0) is 25.5 Å². The number of hydrogen-bond acceptors (Lipinski definition) is 3. The molecule has 0 fully saturated rings. The highest BCUT2D eigenvalue weighted by atomic mass is 19.3. The Kier molecular flexibility index (Phi) is 4.72. The average Bonchev–Trinajstić information content (AvgIpc) is 2.35. The van der Waals surface area contributed by atoms with Gasteiger partial charge in [0.2, 0.25) is 0 Å². The molecule has 0 spiro atoms. The Morgan fingerprint density at radius 2 is 1.89 bits per heavy atom. The number of nitrogens with zero attached hydrogens (tertiary/aromatic N) is 1. The Hall–Kier alpha value is -1.56. The molecule has 0 aliphatic rings. The molecule has 0 heterocycles. The maximum Gasteiger partial charge on any atom is 0.269 e. The molecule has 0 aromatic heterocycles. The molecule has 0 radical (unpaired) electrons. The average molecular weight is 258 g/mol. The minimum atomic E-state index is -2.72. The fraction of sp³-hybridized carbons (Fsp3) is 0.500. The summed E-state index contributed by atoms with van der Waals surface area (Å²) in [5.74, 6) is -0.153. The SMILES string of the molecule is CNC(C)C(C)c1ccc([N+](=O)[O-])cc1C(F)F. The molecule has 1 N–H and O–H groups in total. The molecular formula is C12H16F2N2O2. The van der Waals surface area contributed by atoms with E-state index in [1.54, 1.807) is 7.05 Å². The molecule has 0 amide bonds. The third kappa shape index (κ3) is 3.01. The van der Waals surface area contributed by atoms with E-state index in [1.165, 1.54) is 12.1 Å². The highest BCUT2D eigenvalue weighted by Gasteiger charge is 2.23. The second kappa shape index (κ2) is 5.86. The van der Waals surface area contributed by atoms with Gasteiger partial charge >= 0.3 is 0 Å². The number of halogens is 2. The number of benzene rings is 1. The highest BCUT2D eigenvalue weighted by molar-refractivity contribution is 5.42. The van der Waals surface area contributed by atoms with Crippen LogP contribution in [0.1, 0.15) is 37.3 Å². The minimum absolute atomic E-state index is 0.00366. The van der Waals surface area contributed by atoms with Crippen LogP contribution in [0.5, 0.6) is 0 Å². The Morgan fingerprint density at radius 3 is 2.33 bits per heavy atom. The molecule has 100 valence electrons. The zero-order valence-electron chi connectivity index (χ0n) is 10.5. The lowest BCUT2D eigenvalue weighted by molar-refractivity contribution is -0.385. The molecule has 0 aliphatic carbocycles. The van der Waals surface area contributed by atoms with Crippen molar-refractivity contribution in [3.8, 4) is 0 Å². The van der Waals surface area contributed by atoms with Crippen molar-refractivity contribution in [2.75, 3.05) is 7.05 Å². The van der Waals surface area contributed by atoms with Crippen molar-refractivity contribution >= 4 is 5.69 Å². The van der Waals surface area contributed by atoms with Crippen molar-refractivity contribution < 1.29 is 13.7 Å². The van der Waals surface area contributed by atoms with Gasteiger partial charge in [0.25, 0.3) is 12.1 Å². The lowest BCUT2D eigenvalue weighted by Gasteiger charge is -2.22. The first-order valence-electron chi connectivity index (χ1n) is 5.62. The number of non-ortho nitro benzene ring substituents is 1. The third-order valence-electron chi connectivity index (χ3n) is 3.21. The molecule has 0 bridgehead atoms. The van der Waals surface area contributed by atoms with Gasteiger partial charge < -0.3 is 5.32 Å². The van der Waals surface area contributed by atoms with Crippen molar-refractivity contribution in [3.05, 3.63) is 39.4 Å². The number of nitro groups is 1. The van der Waals surface area contributed by atoms with E-state index >= 15 is 0 Å². The largest absolute Gasteiger partial charge is 0.317 e. The first kappa shape index (κ1) is 14.5. The molecule has 0 saturated heterocycles. The number of likely N-dealkylation sites (N-methyl/N-ethyl adjacent to an activating group) is 1. The molecule has 2 unspecified atom stereocenters. The van der Waals surface area contributed by atoms with Gasteiger partial charge in [-0.2, -0.15) is 0 Å². The van der Waals surface area contributed by atoms with Gasteiger partial charge in [0, 0.05) is 23.7 Å². The van der Waals surface area contributed by atoms with Crippen LogP contribution in [0.25, 0.3) is 0 Å². The zero-order valence-corrected chi connectivity index (χ0v) is 10.5. The summed E-state index contributed by atoms with van der Waals surface area (Å²) in [7, 11) is 1.74. The molecule has 2 atom stereocenters. The number of nitro benzene ring substituents is 1. The summed E-state index contributed by atoms with van der Waals surface area (Å²) in [5, 5.41) is 13.6. The predicted octanol–water partition coefficient (Wildman–Crippen LogP) is 3.24. The maximum atomic E-state index is 13.0. The second-order valence-electron chi connectivity index (χ2n) is 4.24. The molecule has 0 saturated carbocycles. The van der Waals surface area contributed by atoms with Crippen LogP contribution in [0.3, 0.4) is 0 Å². The quantitative estimate of drug-likeness (QED) is 0.651. The highest BCUT2D eigenvalue weighted by Crippen LogP contribution is 2.32. The van der Waals surface area contributed by atoms with Crippen molar-refractivity contribution in [2.45, 2.75) is 32.2 Å². The molecule has 6 heteroatoms. The Labute approximate surface area is 104 Å². The van der Waals surface area contributed by atoms with Crippen molar-refractivity contribution in [1.82, 2.24) is 5.32 Å². The summed E-state index contributed by atoms with van der Waals surface area (Å²) < 4.78 is 25.9. The smallest absolute Gasteiger partial charge is 0.269 e. The van der Waals surface area contributed by atoms with E-state index in [9.17, 15) is 18.9 Å². The van der Waals surface area contributed by atoms with E-state index in [-0.39, 0.29) is 23.2 Å². The molecule has 0 aliphatic heterocycles. The van der Waals surface area contributed by atoms with Crippen LogP contribution in [0.4, 0.5) is 14.5 Å². The molecular weight excluding hydrogens is 242 g/mol. The van der Waals surface area contributed by atoms with Crippen LogP contribution in [-0.4, -0.2) is 18.0 Å². The third-order valence-corrected chi connectivity index (χ3v) is 3.21. The minimum Gasteiger partial charge on any atom is -0.317 e. The first-order chi connectivity index (χ1) is 8.38. The van der Waals surface area contributed by atoms with Gasteiger partial charge in [-0.1, -0.05) is 13.0 Å². The van der Waals surface area contributed by atoms with Crippen LogP contribution in [0.15, 0.2) is 18.2 Å². The van der Waals surface area contributed by atoms with Gasteiger partial charge in [0.05, 0.1) is 4.92 Å². The summed E-state index contributed by atoms with van der Waals surface area (Å²) in [5.41, 5.74) is -0.130. The summed E-state index contributed by atoms with van der Waals surface area (Å²) in [4.78, 5) is 9.93. The van der Waals surface area contributed by atoms with Crippen LogP contribution in [0, 0.1) is 10.1 Å². The predicted molar refractivity (Wildman–Crippen MR) is 65.0 cm³/mol. The van der Waals surface area contributed by atoms with Crippen LogP contribution in [-0.2, 0) is 0 Å². The van der Waals surface area contributed by atoms with Crippen molar-refractivity contribution in [2.24, 2.45) is 0 Å². The standard InChI is InChI=1S/C12H16F2N2O2/c1-7(8(2)15-3)10-5-4-9(16(17)18)6-11(10)12(13)14/h4-8,12,15H,1-3H3. The lowest BCUT2D eigenvalue weighted by Crippen LogP contribution is -2.27. The first-order valence-corrected chi connectivity index (χ1v) is 5.62. The fourth-order valence-corrected chi connectivity index (χ4v) is 1.80. The second-order valence-corrected chi connectivity index (χ2v) is 4.24.